The highest BCUT2D eigenvalue weighted by Gasteiger charge is 2.23. The lowest BCUT2D eigenvalue weighted by atomic mass is 9.97. The number of hydrogen-bond acceptors (Lipinski definition) is 8. The first-order chi connectivity index (χ1) is 17.1. The second kappa shape index (κ2) is 10.2. The summed E-state index contributed by atoms with van der Waals surface area (Å²) in [5.41, 5.74) is 1.63. The van der Waals surface area contributed by atoms with Crippen LogP contribution in [0, 0.1) is 0 Å². The molecule has 0 radical (unpaired) electrons. The Bertz CT molecular complexity index is 1400. The van der Waals surface area contributed by atoms with E-state index < -0.39 is 0 Å². The van der Waals surface area contributed by atoms with Gasteiger partial charge >= 0.3 is 0 Å². The number of thioether (sulfide) groups is 1. The van der Waals surface area contributed by atoms with Crippen LogP contribution in [0.3, 0.4) is 0 Å². The highest BCUT2D eigenvalue weighted by atomic mass is 32.2. The van der Waals surface area contributed by atoms with E-state index in [9.17, 15) is 9.59 Å². The summed E-state index contributed by atoms with van der Waals surface area (Å²) in [4.78, 5) is 33.3. The van der Waals surface area contributed by atoms with Crippen LogP contribution in [0.25, 0.3) is 10.2 Å². The molecule has 35 heavy (non-hydrogen) atoms. The Morgan fingerprint density at radius 2 is 1.97 bits per heavy atom. The van der Waals surface area contributed by atoms with Crippen molar-refractivity contribution in [3.8, 4) is 11.5 Å². The van der Waals surface area contributed by atoms with Crippen molar-refractivity contribution in [1.29, 1.82) is 0 Å². The lowest BCUT2D eigenvalue weighted by Gasteiger charge is -2.13. The zero-order valence-corrected chi connectivity index (χ0v) is 21.1. The van der Waals surface area contributed by atoms with Gasteiger partial charge in [-0.15, -0.1) is 11.3 Å². The number of carbonyl (C=O) groups excluding carboxylic acids is 1. The summed E-state index contributed by atoms with van der Waals surface area (Å²) in [5, 5.41) is 4.08. The van der Waals surface area contributed by atoms with Crippen molar-refractivity contribution >= 4 is 44.9 Å². The number of furan rings is 1. The van der Waals surface area contributed by atoms with Crippen molar-refractivity contribution in [3.05, 3.63) is 63.1 Å². The molecule has 0 atom stereocenters. The molecule has 0 saturated carbocycles. The summed E-state index contributed by atoms with van der Waals surface area (Å²) in [7, 11) is 3.11. The summed E-state index contributed by atoms with van der Waals surface area (Å²) >= 11 is 2.83. The van der Waals surface area contributed by atoms with Gasteiger partial charge in [-0.1, -0.05) is 11.8 Å². The molecule has 3 heterocycles. The number of benzene rings is 1. The molecular formula is C25H25N3O5S2. The van der Waals surface area contributed by atoms with E-state index in [4.69, 9.17) is 18.9 Å². The van der Waals surface area contributed by atoms with Crippen LogP contribution in [0.4, 0.5) is 5.69 Å². The van der Waals surface area contributed by atoms with Gasteiger partial charge < -0.3 is 19.2 Å². The quantitative estimate of drug-likeness (QED) is 0.270. The van der Waals surface area contributed by atoms with Gasteiger partial charge in [0, 0.05) is 28.8 Å². The normalized spacial score (nSPS) is 13.0. The molecule has 0 saturated heterocycles. The van der Waals surface area contributed by atoms with Gasteiger partial charge in [0.15, 0.2) is 5.16 Å². The second-order valence-electron chi connectivity index (χ2n) is 8.19. The van der Waals surface area contributed by atoms with E-state index in [1.807, 2.05) is 6.07 Å². The Hall–Kier alpha value is -3.24. The van der Waals surface area contributed by atoms with Crippen LogP contribution >= 0.6 is 23.1 Å². The number of aryl methyl sites for hydroxylation is 2. The maximum absolute atomic E-state index is 13.6. The molecule has 182 valence electrons. The largest absolute Gasteiger partial charge is 0.497 e. The molecular weight excluding hydrogens is 486 g/mol. The number of nitrogens with one attached hydrogen (secondary N) is 1. The summed E-state index contributed by atoms with van der Waals surface area (Å²) in [6.45, 7) is 0.260. The van der Waals surface area contributed by atoms with E-state index in [1.165, 1.54) is 16.6 Å². The minimum absolute atomic E-state index is 0.0776. The fraction of sp³-hybridized carbons (Fsp3) is 0.320. The van der Waals surface area contributed by atoms with Gasteiger partial charge in [-0.2, -0.15) is 0 Å². The molecule has 1 amide bonds. The molecule has 1 aliphatic rings. The molecule has 4 aromatic rings. The summed E-state index contributed by atoms with van der Waals surface area (Å²) in [6.07, 6.45) is 5.70. The Labute approximate surface area is 210 Å². The number of carbonyl (C=O) groups is 1. The van der Waals surface area contributed by atoms with Crippen molar-refractivity contribution in [3.63, 3.8) is 0 Å². The van der Waals surface area contributed by atoms with Gasteiger partial charge in [0.25, 0.3) is 5.56 Å². The smallest absolute Gasteiger partial charge is 0.263 e. The molecule has 0 aliphatic heterocycles. The molecule has 5 rings (SSSR count). The number of hydrogen-bond donors (Lipinski definition) is 1. The van der Waals surface area contributed by atoms with E-state index in [2.05, 4.69) is 5.32 Å². The van der Waals surface area contributed by atoms with Gasteiger partial charge in [0.05, 0.1) is 38.2 Å². The number of methoxy groups -OCH3 is 2. The van der Waals surface area contributed by atoms with Crippen molar-refractivity contribution < 1.29 is 18.7 Å². The van der Waals surface area contributed by atoms with Crippen LogP contribution in [-0.4, -0.2) is 35.4 Å². The first-order valence-corrected chi connectivity index (χ1v) is 13.1. The van der Waals surface area contributed by atoms with E-state index in [1.54, 1.807) is 60.7 Å². The van der Waals surface area contributed by atoms with Crippen molar-refractivity contribution in [1.82, 2.24) is 9.55 Å². The molecule has 1 N–H and O–H groups in total. The maximum atomic E-state index is 13.6. The SMILES string of the molecule is COc1cc(NC(=O)CSc2nc3sc4c(c3c(=O)n2Cc2ccco2)CCCC4)cc(OC)c1. The first-order valence-electron chi connectivity index (χ1n) is 11.3. The molecule has 1 aromatic carbocycles. The van der Waals surface area contributed by atoms with Gasteiger partial charge in [0.1, 0.15) is 22.1 Å². The predicted octanol–water partition coefficient (Wildman–Crippen LogP) is 4.73. The highest BCUT2D eigenvalue weighted by Crippen LogP contribution is 2.35. The van der Waals surface area contributed by atoms with Gasteiger partial charge in [0.2, 0.25) is 5.91 Å². The van der Waals surface area contributed by atoms with E-state index in [-0.39, 0.29) is 23.8 Å². The van der Waals surface area contributed by atoms with Crippen LogP contribution in [0.5, 0.6) is 11.5 Å². The monoisotopic (exact) mass is 511 g/mol. The summed E-state index contributed by atoms with van der Waals surface area (Å²) in [5.74, 6) is 1.67. The van der Waals surface area contributed by atoms with Crippen molar-refractivity contribution in [2.75, 3.05) is 25.3 Å². The zero-order valence-electron chi connectivity index (χ0n) is 19.5. The Kier molecular flexibility index (Phi) is 6.83. The van der Waals surface area contributed by atoms with Crippen LogP contribution in [0.15, 0.2) is 51.0 Å². The lowest BCUT2D eigenvalue weighted by molar-refractivity contribution is -0.113. The van der Waals surface area contributed by atoms with Gasteiger partial charge in [-0.3, -0.25) is 14.2 Å². The Morgan fingerprint density at radius 1 is 1.20 bits per heavy atom. The van der Waals surface area contributed by atoms with E-state index in [0.717, 1.165) is 36.1 Å². The minimum atomic E-state index is -0.227. The first kappa shape index (κ1) is 23.5. The summed E-state index contributed by atoms with van der Waals surface area (Å²) in [6, 6.07) is 8.80. The Balaban J connectivity index is 1.43. The number of ether oxygens (including phenoxy) is 2. The van der Waals surface area contributed by atoms with Gasteiger partial charge in [-0.05, 0) is 43.4 Å². The molecule has 10 heteroatoms. The van der Waals surface area contributed by atoms with E-state index in [0.29, 0.717) is 33.5 Å². The molecule has 0 unspecified atom stereocenters. The molecule has 0 fully saturated rings. The van der Waals surface area contributed by atoms with Crippen LogP contribution in [0.1, 0.15) is 29.0 Å². The van der Waals surface area contributed by atoms with Crippen LogP contribution < -0.4 is 20.3 Å². The fourth-order valence-corrected chi connectivity index (χ4v) is 6.34. The molecule has 0 bridgehead atoms. The molecule has 0 spiro atoms. The highest BCUT2D eigenvalue weighted by molar-refractivity contribution is 7.99. The topological polar surface area (TPSA) is 95.6 Å². The number of nitrogens with zero attached hydrogens (tertiary/aromatic N) is 2. The average Bonchev–Trinajstić information content (AvgIpc) is 3.51. The molecule has 1 aliphatic carbocycles. The van der Waals surface area contributed by atoms with Gasteiger partial charge in [-0.25, -0.2) is 4.98 Å². The van der Waals surface area contributed by atoms with Crippen molar-refractivity contribution in [2.24, 2.45) is 0 Å². The standard InChI is InChI=1S/C25H25N3O5S2/c1-31-17-10-15(11-18(12-17)32-2)26-21(29)14-34-25-27-23-22(19-7-3-4-8-20(19)35-23)24(30)28(25)13-16-6-5-9-33-16/h5-6,9-12H,3-4,7-8,13-14H2,1-2H3,(H,26,29). The fourth-order valence-electron chi connectivity index (χ4n) is 4.23. The number of aromatic nitrogens is 2. The van der Waals surface area contributed by atoms with Crippen LogP contribution in [-0.2, 0) is 24.2 Å². The number of anilines is 1. The third-order valence-electron chi connectivity index (χ3n) is 5.90. The number of thiophene rings is 1. The summed E-state index contributed by atoms with van der Waals surface area (Å²) < 4.78 is 17.7. The van der Waals surface area contributed by atoms with Crippen molar-refractivity contribution in [2.45, 2.75) is 37.4 Å². The third-order valence-corrected chi connectivity index (χ3v) is 8.06. The maximum Gasteiger partial charge on any atom is 0.263 e. The Morgan fingerprint density at radius 3 is 2.69 bits per heavy atom. The number of rotatable bonds is 8. The molecule has 3 aromatic heterocycles. The zero-order chi connectivity index (χ0) is 24.4. The predicted molar refractivity (Wildman–Crippen MR) is 137 cm³/mol. The average molecular weight is 512 g/mol. The number of fused-ring (bicyclic) bond motifs is 3. The number of amides is 1. The lowest BCUT2D eigenvalue weighted by Crippen LogP contribution is -2.25. The minimum Gasteiger partial charge on any atom is -0.497 e. The van der Waals surface area contributed by atoms with Crippen LogP contribution in [0.2, 0.25) is 0 Å². The van der Waals surface area contributed by atoms with E-state index >= 15 is 0 Å². The molecule has 8 nitrogen and oxygen atoms in total. The second-order valence-corrected chi connectivity index (χ2v) is 10.2. The third kappa shape index (κ3) is 4.94.